The fraction of sp³-hybridized carbons (Fsp3) is 0.588. The highest BCUT2D eigenvalue weighted by atomic mass is 16.2. The summed E-state index contributed by atoms with van der Waals surface area (Å²) in [4.78, 5) is 16.5. The first-order valence-electron chi connectivity index (χ1n) is 7.82. The number of carbonyl (C=O) groups excluding carboxylic acids is 1. The van der Waals surface area contributed by atoms with Crippen LogP contribution in [0.4, 0.5) is 0 Å². The lowest BCUT2D eigenvalue weighted by Crippen LogP contribution is -2.49. The van der Waals surface area contributed by atoms with Gasteiger partial charge in [0.2, 0.25) is 5.91 Å². The zero-order valence-electron chi connectivity index (χ0n) is 13.4. The van der Waals surface area contributed by atoms with Crippen LogP contribution in [-0.4, -0.2) is 54.5 Å². The third kappa shape index (κ3) is 5.48. The molecule has 0 saturated carbocycles. The fourth-order valence-electron chi connectivity index (χ4n) is 2.74. The SMILES string of the molecule is Cc1cccc(CN2CCN(CC(=O)NC(C)C)CC2)c1. The van der Waals surface area contributed by atoms with Crippen molar-refractivity contribution < 1.29 is 4.79 Å². The van der Waals surface area contributed by atoms with E-state index in [1.165, 1.54) is 11.1 Å². The van der Waals surface area contributed by atoms with Crippen molar-refractivity contribution >= 4 is 5.91 Å². The van der Waals surface area contributed by atoms with E-state index in [4.69, 9.17) is 0 Å². The zero-order chi connectivity index (χ0) is 15.2. The molecule has 1 aromatic rings. The second-order valence-electron chi connectivity index (χ2n) is 6.26. The van der Waals surface area contributed by atoms with E-state index in [1.807, 2.05) is 13.8 Å². The fourth-order valence-corrected chi connectivity index (χ4v) is 2.74. The molecule has 0 atom stereocenters. The largest absolute Gasteiger partial charge is 0.353 e. The molecule has 116 valence electrons. The Morgan fingerprint density at radius 1 is 1.19 bits per heavy atom. The number of nitrogens with one attached hydrogen (secondary N) is 1. The summed E-state index contributed by atoms with van der Waals surface area (Å²) in [6, 6.07) is 8.92. The van der Waals surface area contributed by atoms with E-state index < -0.39 is 0 Å². The minimum Gasteiger partial charge on any atom is -0.353 e. The van der Waals surface area contributed by atoms with Gasteiger partial charge in [-0.2, -0.15) is 0 Å². The number of nitrogens with zero attached hydrogens (tertiary/aromatic N) is 2. The Morgan fingerprint density at radius 3 is 2.48 bits per heavy atom. The van der Waals surface area contributed by atoms with Crippen LogP contribution in [0.25, 0.3) is 0 Å². The predicted octanol–water partition coefficient (Wildman–Crippen LogP) is 1.64. The summed E-state index contributed by atoms with van der Waals surface area (Å²) in [7, 11) is 0. The van der Waals surface area contributed by atoms with Crippen molar-refractivity contribution in [3.63, 3.8) is 0 Å². The van der Waals surface area contributed by atoms with Gasteiger partial charge in [0, 0.05) is 38.8 Å². The van der Waals surface area contributed by atoms with Crippen LogP contribution < -0.4 is 5.32 Å². The normalized spacial score (nSPS) is 17.1. The van der Waals surface area contributed by atoms with Crippen LogP contribution >= 0.6 is 0 Å². The summed E-state index contributed by atoms with van der Waals surface area (Å²) in [5.74, 6) is 0.136. The van der Waals surface area contributed by atoms with Crippen LogP contribution in [-0.2, 0) is 11.3 Å². The molecule has 21 heavy (non-hydrogen) atoms. The number of hydrogen-bond acceptors (Lipinski definition) is 3. The molecule has 1 amide bonds. The quantitative estimate of drug-likeness (QED) is 0.895. The molecule has 1 aliphatic heterocycles. The van der Waals surface area contributed by atoms with Crippen molar-refractivity contribution in [3.8, 4) is 0 Å². The van der Waals surface area contributed by atoms with Gasteiger partial charge in [-0.15, -0.1) is 0 Å². The molecule has 0 aromatic heterocycles. The van der Waals surface area contributed by atoms with E-state index >= 15 is 0 Å². The van der Waals surface area contributed by atoms with E-state index in [0.717, 1.165) is 32.7 Å². The summed E-state index contributed by atoms with van der Waals surface area (Å²) in [6.45, 7) is 11.7. The summed E-state index contributed by atoms with van der Waals surface area (Å²) >= 11 is 0. The van der Waals surface area contributed by atoms with Crippen molar-refractivity contribution in [3.05, 3.63) is 35.4 Å². The molecule has 0 unspecified atom stereocenters. The number of hydrogen-bond donors (Lipinski definition) is 1. The van der Waals surface area contributed by atoms with Gasteiger partial charge >= 0.3 is 0 Å². The molecule has 2 rings (SSSR count). The monoisotopic (exact) mass is 289 g/mol. The lowest BCUT2D eigenvalue weighted by atomic mass is 10.1. The van der Waals surface area contributed by atoms with Gasteiger partial charge in [0.15, 0.2) is 0 Å². The Bertz CT molecular complexity index is 465. The van der Waals surface area contributed by atoms with Crippen molar-refractivity contribution in [2.24, 2.45) is 0 Å². The van der Waals surface area contributed by atoms with Gasteiger partial charge in [-0.25, -0.2) is 0 Å². The van der Waals surface area contributed by atoms with Gasteiger partial charge in [0.25, 0.3) is 0 Å². The van der Waals surface area contributed by atoms with Crippen LogP contribution in [0.5, 0.6) is 0 Å². The molecule has 4 nitrogen and oxygen atoms in total. The maximum atomic E-state index is 11.8. The maximum Gasteiger partial charge on any atom is 0.234 e. The van der Waals surface area contributed by atoms with Crippen molar-refractivity contribution in [1.82, 2.24) is 15.1 Å². The Hall–Kier alpha value is -1.39. The van der Waals surface area contributed by atoms with Gasteiger partial charge in [-0.3, -0.25) is 14.6 Å². The van der Waals surface area contributed by atoms with Crippen LogP contribution in [0, 0.1) is 6.92 Å². The molecular formula is C17H27N3O. The Kier molecular flexibility index (Phi) is 5.76. The van der Waals surface area contributed by atoms with Gasteiger partial charge < -0.3 is 5.32 Å². The number of rotatable bonds is 5. The summed E-state index contributed by atoms with van der Waals surface area (Å²) in [5.41, 5.74) is 2.69. The number of carbonyl (C=O) groups is 1. The summed E-state index contributed by atoms with van der Waals surface area (Å²) < 4.78 is 0. The summed E-state index contributed by atoms with van der Waals surface area (Å²) in [5, 5.41) is 2.95. The Labute approximate surface area is 128 Å². The standard InChI is InChI=1S/C17H27N3O/c1-14(2)18-17(21)13-20-9-7-19(8-10-20)12-16-6-4-5-15(3)11-16/h4-6,11,14H,7-10,12-13H2,1-3H3,(H,18,21). The van der Waals surface area contributed by atoms with Gasteiger partial charge in [-0.1, -0.05) is 29.8 Å². The molecule has 1 saturated heterocycles. The van der Waals surface area contributed by atoms with Gasteiger partial charge in [0.1, 0.15) is 0 Å². The van der Waals surface area contributed by atoms with Crippen molar-refractivity contribution in [2.75, 3.05) is 32.7 Å². The molecule has 1 fully saturated rings. The number of amides is 1. The molecule has 0 bridgehead atoms. The van der Waals surface area contributed by atoms with Crippen molar-refractivity contribution in [1.29, 1.82) is 0 Å². The third-order valence-corrected chi connectivity index (χ3v) is 3.77. The highest BCUT2D eigenvalue weighted by molar-refractivity contribution is 5.78. The summed E-state index contributed by atoms with van der Waals surface area (Å²) in [6.07, 6.45) is 0. The zero-order valence-corrected chi connectivity index (χ0v) is 13.4. The number of benzene rings is 1. The minimum atomic E-state index is 0.136. The average Bonchev–Trinajstić information content (AvgIpc) is 2.40. The lowest BCUT2D eigenvalue weighted by Gasteiger charge is -2.34. The molecule has 1 aromatic carbocycles. The molecule has 0 spiro atoms. The second kappa shape index (κ2) is 7.57. The molecule has 0 radical (unpaired) electrons. The number of piperazine rings is 1. The van der Waals surface area contributed by atoms with Crippen LogP contribution in [0.15, 0.2) is 24.3 Å². The molecule has 4 heteroatoms. The maximum absolute atomic E-state index is 11.8. The van der Waals surface area contributed by atoms with Gasteiger partial charge in [0.05, 0.1) is 6.54 Å². The third-order valence-electron chi connectivity index (χ3n) is 3.77. The van der Waals surface area contributed by atoms with E-state index in [9.17, 15) is 4.79 Å². The molecule has 1 N–H and O–H groups in total. The van der Waals surface area contributed by atoms with E-state index in [2.05, 4.69) is 46.3 Å². The highest BCUT2D eigenvalue weighted by Gasteiger charge is 2.19. The first kappa shape index (κ1) is 16.0. The van der Waals surface area contributed by atoms with E-state index in [-0.39, 0.29) is 11.9 Å². The Balaban J connectivity index is 1.74. The molecule has 0 aliphatic carbocycles. The molecule has 1 aliphatic rings. The first-order chi connectivity index (χ1) is 10.0. The van der Waals surface area contributed by atoms with Crippen molar-refractivity contribution in [2.45, 2.75) is 33.4 Å². The molecule has 1 heterocycles. The smallest absolute Gasteiger partial charge is 0.234 e. The molecular weight excluding hydrogens is 262 g/mol. The highest BCUT2D eigenvalue weighted by Crippen LogP contribution is 2.10. The van der Waals surface area contributed by atoms with E-state index in [0.29, 0.717) is 6.54 Å². The first-order valence-corrected chi connectivity index (χ1v) is 7.82. The topological polar surface area (TPSA) is 35.6 Å². The minimum absolute atomic E-state index is 0.136. The van der Waals surface area contributed by atoms with Gasteiger partial charge in [-0.05, 0) is 26.3 Å². The lowest BCUT2D eigenvalue weighted by molar-refractivity contribution is -0.123. The van der Waals surface area contributed by atoms with Crippen LogP contribution in [0.2, 0.25) is 0 Å². The number of aryl methyl sites for hydroxylation is 1. The van der Waals surface area contributed by atoms with Crippen LogP contribution in [0.3, 0.4) is 0 Å². The van der Waals surface area contributed by atoms with E-state index in [1.54, 1.807) is 0 Å². The Morgan fingerprint density at radius 2 is 1.86 bits per heavy atom. The average molecular weight is 289 g/mol. The predicted molar refractivity (Wildman–Crippen MR) is 86.2 cm³/mol. The second-order valence-corrected chi connectivity index (χ2v) is 6.26. The van der Waals surface area contributed by atoms with Crippen LogP contribution in [0.1, 0.15) is 25.0 Å².